The van der Waals surface area contributed by atoms with Crippen molar-refractivity contribution < 1.29 is 0 Å². The Kier molecular flexibility index (Phi) is 8.69. The van der Waals surface area contributed by atoms with Crippen LogP contribution < -0.4 is 10.6 Å². The van der Waals surface area contributed by atoms with Crippen molar-refractivity contribution in [1.82, 2.24) is 10.6 Å². The summed E-state index contributed by atoms with van der Waals surface area (Å²) in [5, 5.41) is 7.72. The summed E-state index contributed by atoms with van der Waals surface area (Å²) in [6.07, 6.45) is 1.87. The molecule has 150 valence electrons. The van der Waals surface area contributed by atoms with Gasteiger partial charge in [-0.05, 0) is 51.7 Å². The molecule has 0 spiro atoms. The van der Waals surface area contributed by atoms with E-state index in [1.807, 2.05) is 0 Å². The zero-order chi connectivity index (χ0) is 20.5. The quantitative estimate of drug-likeness (QED) is 0.446. The van der Waals surface area contributed by atoms with Crippen LogP contribution in [0.15, 0.2) is 85.0 Å². The number of benzene rings is 2. The molecule has 2 nitrogen and oxygen atoms in total. The molecule has 2 N–H and O–H groups in total. The predicted octanol–water partition coefficient (Wildman–Crippen LogP) is 6.36. The Labute approximate surface area is 171 Å². The molecule has 2 aromatic carbocycles. The van der Waals surface area contributed by atoms with E-state index in [0.29, 0.717) is 0 Å². The standard InChI is InChI=1S/C26H36N2/c1-19(2)17-25(27-21(5)23-13-9-7-10-14-23)26(18-20(3)4)28-22(6)24-15-11-8-12-16-24/h7-16,21-22,25-28H,1,3,17-18H2,2,4-6H3/t21-,22-,25-,26+/m0/s1. The van der Waals surface area contributed by atoms with Crippen molar-refractivity contribution in [2.45, 2.75) is 64.7 Å². The van der Waals surface area contributed by atoms with E-state index in [-0.39, 0.29) is 24.2 Å². The Morgan fingerprint density at radius 1 is 0.679 bits per heavy atom. The maximum absolute atomic E-state index is 4.18. The van der Waals surface area contributed by atoms with E-state index < -0.39 is 0 Å². The molecule has 0 radical (unpaired) electrons. The van der Waals surface area contributed by atoms with E-state index >= 15 is 0 Å². The molecule has 2 heteroatoms. The van der Waals surface area contributed by atoms with Crippen molar-refractivity contribution in [1.29, 1.82) is 0 Å². The van der Waals surface area contributed by atoms with E-state index in [1.165, 1.54) is 22.3 Å². The van der Waals surface area contributed by atoms with Crippen molar-refractivity contribution in [2.24, 2.45) is 0 Å². The Hall–Kier alpha value is -2.16. The van der Waals surface area contributed by atoms with Gasteiger partial charge in [0.05, 0.1) is 0 Å². The Bertz CT molecular complexity index is 670. The maximum atomic E-state index is 4.18. The first-order valence-corrected chi connectivity index (χ1v) is 10.3. The number of hydrogen-bond donors (Lipinski definition) is 2. The zero-order valence-corrected chi connectivity index (χ0v) is 17.9. The topological polar surface area (TPSA) is 24.1 Å². The fourth-order valence-corrected chi connectivity index (χ4v) is 3.70. The molecule has 0 saturated carbocycles. The van der Waals surface area contributed by atoms with Crippen LogP contribution in [0.2, 0.25) is 0 Å². The summed E-state index contributed by atoms with van der Waals surface area (Å²) in [6.45, 7) is 17.1. The molecule has 0 unspecified atom stereocenters. The van der Waals surface area contributed by atoms with Gasteiger partial charge in [0.25, 0.3) is 0 Å². The van der Waals surface area contributed by atoms with Gasteiger partial charge >= 0.3 is 0 Å². The van der Waals surface area contributed by atoms with Crippen LogP contribution in [0.25, 0.3) is 0 Å². The third kappa shape index (κ3) is 7.10. The minimum absolute atomic E-state index is 0.270. The summed E-state index contributed by atoms with van der Waals surface area (Å²) in [5.41, 5.74) is 5.00. The lowest BCUT2D eigenvalue weighted by atomic mass is 9.93. The Morgan fingerprint density at radius 2 is 1.00 bits per heavy atom. The lowest BCUT2D eigenvalue weighted by Crippen LogP contribution is -2.49. The van der Waals surface area contributed by atoms with Gasteiger partial charge < -0.3 is 10.6 Å². The van der Waals surface area contributed by atoms with E-state index in [9.17, 15) is 0 Å². The second kappa shape index (κ2) is 11.0. The molecule has 0 fully saturated rings. The fraction of sp³-hybridized carbons (Fsp3) is 0.385. The zero-order valence-electron chi connectivity index (χ0n) is 17.9. The maximum Gasteiger partial charge on any atom is 0.0295 e. The van der Waals surface area contributed by atoms with Gasteiger partial charge in [0.15, 0.2) is 0 Å². The summed E-state index contributed by atoms with van der Waals surface area (Å²) < 4.78 is 0. The van der Waals surface area contributed by atoms with E-state index in [4.69, 9.17) is 0 Å². The monoisotopic (exact) mass is 376 g/mol. The molecular formula is C26H36N2. The molecule has 0 aliphatic heterocycles. The third-order valence-corrected chi connectivity index (χ3v) is 5.15. The number of nitrogens with one attached hydrogen (secondary N) is 2. The average molecular weight is 377 g/mol. The number of rotatable bonds is 11. The highest BCUT2D eigenvalue weighted by Gasteiger charge is 2.25. The van der Waals surface area contributed by atoms with E-state index in [1.54, 1.807) is 0 Å². The van der Waals surface area contributed by atoms with Gasteiger partial charge in [0, 0.05) is 24.2 Å². The van der Waals surface area contributed by atoms with Gasteiger partial charge in [-0.25, -0.2) is 0 Å². The molecule has 0 aliphatic rings. The van der Waals surface area contributed by atoms with Gasteiger partial charge in [0.2, 0.25) is 0 Å². The molecule has 2 rings (SSSR count). The Balaban J connectivity index is 2.20. The van der Waals surface area contributed by atoms with Gasteiger partial charge in [-0.1, -0.05) is 71.8 Å². The molecule has 0 aliphatic carbocycles. The van der Waals surface area contributed by atoms with Crippen LogP contribution in [0, 0.1) is 0 Å². The molecule has 0 amide bonds. The lowest BCUT2D eigenvalue weighted by molar-refractivity contribution is 0.317. The van der Waals surface area contributed by atoms with Crippen LogP contribution in [-0.4, -0.2) is 12.1 Å². The van der Waals surface area contributed by atoms with Gasteiger partial charge in [-0.2, -0.15) is 0 Å². The first-order valence-electron chi connectivity index (χ1n) is 10.3. The minimum atomic E-state index is 0.270. The van der Waals surface area contributed by atoms with Crippen LogP contribution in [-0.2, 0) is 0 Å². The highest BCUT2D eigenvalue weighted by Crippen LogP contribution is 2.22. The summed E-state index contributed by atoms with van der Waals surface area (Å²) in [4.78, 5) is 0. The van der Waals surface area contributed by atoms with Crippen molar-refractivity contribution in [3.8, 4) is 0 Å². The first-order chi connectivity index (χ1) is 13.4. The van der Waals surface area contributed by atoms with Crippen molar-refractivity contribution in [3.63, 3.8) is 0 Å². The van der Waals surface area contributed by atoms with Gasteiger partial charge in [0.1, 0.15) is 0 Å². The largest absolute Gasteiger partial charge is 0.306 e. The van der Waals surface area contributed by atoms with Crippen molar-refractivity contribution in [2.75, 3.05) is 0 Å². The molecule has 2 aromatic rings. The molecule has 0 heterocycles. The van der Waals surface area contributed by atoms with Crippen LogP contribution in [0.5, 0.6) is 0 Å². The molecule has 0 saturated heterocycles. The van der Waals surface area contributed by atoms with E-state index in [2.05, 4.69) is 112 Å². The van der Waals surface area contributed by atoms with Crippen LogP contribution in [0.1, 0.15) is 63.7 Å². The lowest BCUT2D eigenvalue weighted by Gasteiger charge is -2.34. The second-order valence-corrected chi connectivity index (χ2v) is 8.13. The minimum Gasteiger partial charge on any atom is -0.306 e. The average Bonchev–Trinajstić information content (AvgIpc) is 2.67. The van der Waals surface area contributed by atoms with Crippen LogP contribution >= 0.6 is 0 Å². The SMILES string of the molecule is C=C(C)C[C@H](N[C@@H](C)c1ccccc1)[C@@H](CC(=C)C)N[C@@H](C)c1ccccc1. The highest BCUT2D eigenvalue weighted by atomic mass is 15.1. The summed E-state index contributed by atoms with van der Waals surface area (Å²) in [6, 6.07) is 22.3. The predicted molar refractivity (Wildman–Crippen MR) is 122 cm³/mol. The second-order valence-electron chi connectivity index (χ2n) is 8.13. The normalized spacial score (nSPS) is 15.4. The van der Waals surface area contributed by atoms with Crippen molar-refractivity contribution in [3.05, 3.63) is 96.1 Å². The smallest absolute Gasteiger partial charge is 0.0295 e. The fourth-order valence-electron chi connectivity index (χ4n) is 3.70. The molecule has 0 aromatic heterocycles. The Morgan fingerprint density at radius 3 is 1.29 bits per heavy atom. The third-order valence-electron chi connectivity index (χ3n) is 5.15. The summed E-state index contributed by atoms with van der Waals surface area (Å²) >= 11 is 0. The van der Waals surface area contributed by atoms with E-state index in [0.717, 1.165) is 12.8 Å². The molecule has 28 heavy (non-hydrogen) atoms. The van der Waals surface area contributed by atoms with Crippen LogP contribution in [0.4, 0.5) is 0 Å². The first kappa shape index (κ1) is 22.1. The summed E-state index contributed by atoms with van der Waals surface area (Å²) in [5.74, 6) is 0. The van der Waals surface area contributed by atoms with Crippen LogP contribution in [0.3, 0.4) is 0 Å². The molecule has 4 atom stereocenters. The van der Waals surface area contributed by atoms with Gasteiger partial charge in [-0.3, -0.25) is 0 Å². The van der Waals surface area contributed by atoms with Gasteiger partial charge in [-0.15, -0.1) is 13.2 Å². The number of hydrogen-bond acceptors (Lipinski definition) is 2. The highest BCUT2D eigenvalue weighted by molar-refractivity contribution is 5.20. The summed E-state index contributed by atoms with van der Waals surface area (Å²) in [7, 11) is 0. The molecule has 0 bridgehead atoms. The van der Waals surface area contributed by atoms with Crippen molar-refractivity contribution >= 4 is 0 Å². The molecular weight excluding hydrogens is 340 g/mol.